The zero-order valence-electron chi connectivity index (χ0n) is 12.5. The van der Waals surface area contributed by atoms with Crippen molar-refractivity contribution < 1.29 is 4.74 Å². The van der Waals surface area contributed by atoms with Crippen molar-refractivity contribution in [3.8, 4) is 6.01 Å². The summed E-state index contributed by atoms with van der Waals surface area (Å²) in [5, 5.41) is 3.81. The minimum atomic E-state index is 0.0287. The summed E-state index contributed by atoms with van der Waals surface area (Å²) >= 11 is 1.49. The second-order valence-corrected chi connectivity index (χ2v) is 5.77. The Morgan fingerprint density at radius 3 is 2.57 bits per heavy atom. The SMILES string of the molecule is CCCNc1nc(OC(C)C)nc(Sc2ccccc2)n1. The van der Waals surface area contributed by atoms with Crippen LogP contribution >= 0.6 is 11.8 Å². The van der Waals surface area contributed by atoms with Gasteiger partial charge in [0.05, 0.1) is 6.10 Å². The Morgan fingerprint density at radius 1 is 1.14 bits per heavy atom. The summed E-state index contributed by atoms with van der Waals surface area (Å²) in [5.41, 5.74) is 0. The van der Waals surface area contributed by atoms with E-state index in [1.807, 2.05) is 44.2 Å². The van der Waals surface area contributed by atoms with Gasteiger partial charge < -0.3 is 10.1 Å². The van der Waals surface area contributed by atoms with Crippen LogP contribution in [0, 0.1) is 0 Å². The number of aromatic nitrogens is 3. The van der Waals surface area contributed by atoms with Crippen molar-refractivity contribution in [3.05, 3.63) is 30.3 Å². The van der Waals surface area contributed by atoms with Crippen molar-refractivity contribution in [2.45, 2.75) is 43.3 Å². The molecule has 0 unspecified atom stereocenters. The van der Waals surface area contributed by atoms with Gasteiger partial charge in [-0.25, -0.2) is 0 Å². The van der Waals surface area contributed by atoms with Crippen molar-refractivity contribution in [2.24, 2.45) is 0 Å². The Labute approximate surface area is 129 Å². The lowest BCUT2D eigenvalue weighted by molar-refractivity contribution is 0.219. The van der Waals surface area contributed by atoms with Crippen LogP contribution < -0.4 is 10.1 Å². The number of rotatable bonds is 7. The minimum Gasteiger partial charge on any atom is -0.461 e. The first-order valence-corrected chi connectivity index (χ1v) is 7.88. The Morgan fingerprint density at radius 2 is 1.90 bits per heavy atom. The van der Waals surface area contributed by atoms with Gasteiger partial charge in [0.25, 0.3) is 0 Å². The molecule has 1 aromatic heterocycles. The van der Waals surface area contributed by atoms with E-state index >= 15 is 0 Å². The topological polar surface area (TPSA) is 59.9 Å². The molecule has 0 radical (unpaired) electrons. The number of hydrogen-bond acceptors (Lipinski definition) is 6. The maximum Gasteiger partial charge on any atom is 0.322 e. The molecule has 0 saturated carbocycles. The van der Waals surface area contributed by atoms with Crippen LogP contribution in [0.5, 0.6) is 6.01 Å². The molecule has 5 nitrogen and oxygen atoms in total. The van der Waals surface area contributed by atoms with Crippen molar-refractivity contribution in [2.75, 3.05) is 11.9 Å². The van der Waals surface area contributed by atoms with Crippen molar-refractivity contribution in [1.29, 1.82) is 0 Å². The lowest BCUT2D eigenvalue weighted by atomic mass is 10.4. The molecule has 1 N–H and O–H groups in total. The summed E-state index contributed by atoms with van der Waals surface area (Å²) < 4.78 is 5.60. The van der Waals surface area contributed by atoms with Crippen molar-refractivity contribution >= 4 is 17.7 Å². The van der Waals surface area contributed by atoms with E-state index in [9.17, 15) is 0 Å². The molecular weight excluding hydrogens is 284 g/mol. The van der Waals surface area contributed by atoms with Crippen LogP contribution in [0.4, 0.5) is 5.95 Å². The molecule has 0 aliphatic heterocycles. The smallest absolute Gasteiger partial charge is 0.322 e. The van der Waals surface area contributed by atoms with E-state index in [-0.39, 0.29) is 6.10 Å². The highest BCUT2D eigenvalue weighted by Crippen LogP contribution is 2.26. The molecule has 1 aromatic carbocycles. The molecular formula is C15H20N4OS. The number of hydrogen-bond donors (Lipinski definition) is 1. The second kappa shape index (κ2) is 7.83. The number of ether oxygens (including phenoxy) is 1. The summed E-state index contributed by atoms with van der Waals surface area (Å²) in [6.45, 7) is 6.82. The number of benzene rings is 1. The van der Waals surface area contributed by atoms with Crippen LogP contribution in [0.25, 0.3) is 0 Å². The molecule has 1 heterocycles. The second-order valence-electron chi connectivity index (χ2n) is 4.73. The molecule has 21 heavy (non-hydrogen) atoms. The zero-order chi connectivity index (χ0) is 15.1. The van der Waals surface area contributed by atoms with E-state index in [0.29, 0.717) is 17.1 Å². The first kappa shape index (κ1) is 15.6. The highest BCUT2D eigenvalue weighted by atomic mass is 32.2. The van der Waals surface area contributed by atoms with Gasteiger partial charge in [-0.2, -0.15) is 15.0 Å². The molecule has 6 heteroatoms. The third-order valence-corrected chi connectivity index (χ3v) is 3.29. The number of nitrogens with zero attached hydrogens (tertiary/aromatic N) is 3. The van der Waals surface area contributed by atoms with Crippen LogP contribution in [0.3, 0.4) is 0 Å². The zero-order valence-corrected chi connectivity index (χ0v) is 13.4. The van der Waals surface area contributed by atoms with E-state index in [4.69, 9.17) is 4.74 Å². The lowest BCUT2D eigenvalue weighted by Gasteiger charge is -2.10. The van der Waals surface area contributed by atoms with Gasteiger partial charge in [0.15, 0.2) is 0 Å². The molecule has 2 aromatic rings. The fourth-order valence-electron chi connectivity index (χ4n) is 1.56. The number of nitrogens with one attached hydrogen (secondary N) is 1. The maximum absolute atomic E-state index is 5.60. The van der Waals surface area contributed by atoms with Crippen LogP contribution in [0.15, 0.2) is 40.4 Å². The quantitative estimate of drug-likeness (QED) is 0.843. The molecule has 0 bridgehead atoms. The van der Waals surface area contributed by atoms with Gasteiger partial charge in [0, 0.05) is 11.4 Å². The molecule has 0 fully saturated rings. The number of anilines is 1. The van der Waals surface area contributed by atoms with Gasteiger partial charge in [0.1, 0.15) is 0 Å². The van der Waals surface area contributed by atoms with E-state index < -0.39 is 0 Å². The Kier molecular flexibility index (Phi) is 5.80. The fraction of sp³-hybridized carbons (Fsp3) is 0.400. The predicted molar refractivity (Wildman–Crippen MR) is 84.9 cm³/mol. The molecule has 2 rings (SSSR count). The largest absolute Gasteiger partial charge is 0.461 e. The summed E-state index contributed by atoms with van der Waals surface area (Å²) in [5.74, 6) is 0.556. The third-order valence-electron chi connectivity index (χ3n) is 2.42. The van der Waals surface area contributed by atoms with Gasteiger partial charge in [-0.05, 0) is 44.2 Å². The molecule has 112 valence electrons. The monoisotopic (exact) mass is 304 g/mol. The fourth-order valence-corrected chi connectivity index (χ4v) is 2.32. The van der Waals surface area contributed by atoms with E-state index in [1.165, 1.54) is 11.8 Å². The molecule has 0 spiro atoms. The van der Waals surface area contributed by atoms with Crippen LogP contribution in [-0.4, -0.2) is 27.6 Å². The summed E-state index contributed by atoms with van der Waals surface area (Å²) in [4.78, 5) is 14.1. The van der Waals surface area contributed by atoms with Crippen LogP contribution in [0.1, 0.15) is 27.2 Å². The Hall–Kier alpha value is -1.82. The summed E-state index contributed by atoms with van der Waals surface area (Å²) in [6.07, 6.45) is 1.04. The van der Waals surface area contributed by atoms with Gasteiger partial charge in [-0.1, -0.05) is 25.1 Å². The third kappa shape index (κ3) is 5.23. The van der Waals surface area contributed by atoms with Gasteiger partial charge in [0.2, 0.25) is 11.1 Å². The molecule has 0 aliphatic rings. The van der Waals surface area contributed by atoms with Gasteiger partial charge in [-0.15, -0.1) is 0 Å². The van der Waals surface area contributed by atoms with Crippen molar-refractivity contribution in [3.63, 3.8) is 0 Å². The van der Waals surface area contributed by atoms with E-state index in [0.717, 1.165) is 17.9 Å². The summed E-state index contributed by atoms with van der Waals surface area (Å²) in [6, 6.07) is 10.4. The van der Waals surface area contributed by atoms with Crippen molar-refractivity contribution in [1.82, 2.24) is 15.0 Å². The van der Waals surface area contributed by atoms with Gasteiger partial charge in [-0.3, -0.25) is 0 Å². The first-order valence-electron chi connectivity index (χ1n) is 7.07. The van der Waals surface area contributed by atoms with E-state index in [2.05, 4.69) is 27.2 Å². The normalized spacial score (nSPS) is 10.7. The van der Waals surface area contributed by atoms with E-state index in [1.54, 1.807) is 0 Å². The highest BCUT2D eigenvalue weighted by Gasteiger charge is 2.10. The Balaban J connectivity index is 2.21. The lowest BCUT2D eigenvalue weighted by Crippen LogP contribution is -2.12. The first-order chi connectivity index (χ1) is 10.2. The van der Waals surface area contributed by atoms with Crippen LogP contribution in [0.2, 0.25) is 0 Å². The standard InChI is InChI=1S/C15H20N4OS/c1-4-10-16-13-17-14(20-11(2)3)19-15(18-13)21-12-8-6-5-7-9-12/h5-9,11H,4,10H2,1-3H3,(H,16,17,18,19). The van der Waals surface area contributed by atoms with Crippen LogP contribution in [-0.2, 0) is 0 Å². The average Bonchev–Trinajstić information content (AvgIpc) is 2.45. The molecule has 0 amide bonds. The highest BCUT2D eigenvalue weighted by molar-refractivity contribution is 7.99. The molecule has 0 saturated heterocycles. The predicted octanol–water partition coefficient (Wildman–Crippen LogP) is 3.63. The maximum atomic E-state index is 5.60. The Bertz CT molecular complexity index is 563. The molecule has 0 aliphatic carbocycles. The summed E-state index contributed by atoms with van der Waals surface area (Å²) in [7, 11) is 0. The minimum absolute atomic E-state index is 0.0287. The average molecular weight is 304 g/mol. The van der Waals surface area contributed by atoms with Gasteiger partial charge >= 0.3 is 6.01 Å². The molecule has 0 atom stereocenters.